The minimum Gasteiger partial charge on any atom is -0.310 e. The van der Waals surface area contributed by atoms with E-state index in [0.29, 0.717) is 0 Å². The average Bonchev–Trinajstić information content (AvgIpc) is 3.73. The minimum absolute atomic E-state index is 1.07. The quantitative estimate of drug-likeness (QED) is 0.141. The molecule has 12 rings (SSSR count). The van der Waals surface area contributed by atoms with Gasteiger partial charge in [0.1, 0.15) is 0 Å². The van der Waals surface area contributed by atoms with Gasteiger partial charge in [-0.3, -0.25) is 0 Å². The third kappa shape index (κ3) is 6.93. The minimum atomic E-state index is 1.07. The monoisotopic (exact) mass is 840 g/mol. The third-order valence-corrected chi connectivity index (χ3v) is 13.0. The summed E-state index contributed by atoms with van der Waals surface area (Å²) in [6.45, 7) is 0. The molecule has 0 radical (unpaired) electrons. The van der Waals surface area contributed by atoms with Gasteiger partial charge in [0.2, 0.25) is 0 Å². The highest BCUT2D eigenvalue weighted by Gasteiger charge is 2.21. The Kier molecular flexibility index (Phi) is 9.89. The van der Waals surface area contributed by atoms with Gasteiger partial charge in [0.15, 0.2) is 0 Å². The van der Waals surface area contributed by atoms with Crippen LogP contribution in [0.1, 0.15) is 0 Å². The molecule has 0 fully saturated rings. The first kappa shape index (κ1) is 38.9. The molecular formula is C64H44N2. The van der Waals surface area contributed by atoms with Crippen LogP contribution in [0.15, 0.2) is 267 Å². The average molecular weight is 841 g/mol. The van der Waals surface area contributed by atoms with Crippen molar-refractivity contribution in [1.82, 2.24) is 4.57 Å². The van der Waals surface area contributed by atoms with Crippen molar-refractivity contribution in [1.29, 1.82) is 0 Å². The highest BCUT2D eigenvalue weighted by atomic mass is 15.1. The van der Waals surface area contributed by atoms with Crippen LogP contribution in [0.4, 0.5) is 17.1 Å². The first-order chi connectivity index (χ1) is 32.8. The van der Waals surface area contributed by atoms with Crippen molar-refractivity contribution < 1.29 is 0 Å². The SMILES string of the molecule is c1ccc(-c2cccc(N(c3ccc(-c4ccccc4-c4cccc5ccccc45)cc3)c3ccc(-c4ccccc4-n4c5ccccc5c5ccccc54)c(-c4ccccc4)c3)c2)cc1. The Morgan fingerprint density at radius 1 is 0.242 bits per heavy atom. The number of hydrogen-bond donors (Lipinski definition) is 0. The maximum Gasteiger partial charge on any atom is 0.0541 e. The van der Waals surface area contributed by atoms with Crippen LogP contribution in [0.3, 0.4) is 0 Å². The summed E-state index contributed by atoms with van der Waals surface area (Å²) in [6.07, 6.45) is 0. The summed E-state index contributed by atoms with van der Waals surface area (Å²) in [7, 11) is 0. The number of para-hydroxylation sites is 3. The maximum atomic E-state index is 2.43. The zero-order valence-corrected chi connectivity index (χ0v) is 36.3. The van der Waals surface area contributed by atoms with Crippen molar-refractivity contribution in [3.8, 4) is 61.3 Å². The molecule has 310 valence electrons. The lowest BCUT2D eigenvalue weighted by Gasteiger charge is -2.28. The summed E-state index contributed by atoms with van der Waals surface area (Å²) in [6, 6.07) is 96.9. The number of nitrogens with zero attached hydrogens (tertiary/aromatic N) is 2. The smallest absolute Gasteiger partial charge is 0.0541 e. The molecule has 1 heterocycles. The van der Waals surface area contributed by atoms with Crippen LogP contribution in [0, 0.1) is 0 Å². The predicted molar refractivity (Wildman–Crippen MR) is 280 cm³/mol. The Labute approximate surface area is 385 Å². The summed E-state index contributed by atoms with van der Waals surface area (Å²) in [4.78, 5) is 2.40. The van der Waals surface area contributed by atoms with Crippen molar-refractivity contribution in [2.45, 2.75) is 0 Å². The number of benzene rings is 11. The second-order valence-corrected chi connectivity index (χ2v) is 16.9. The van der Waals surface area contributed by atoms with E-state index in [4.69, 9.17) is 0 Å². The van der Waals surface area contributed by atoms with Crippen molar-refractivity contribution in [2.24, 2.45) is 0 Å². The summed E-state index contributed by atoms with van der Waals surface area (Å²) in [5, 5.41) is 4.99. The third-order valence-electron chi connectivity index (χ3n) is 13.0. The second-order valence-electron chi connectivity index (χ2n) is 16.9. The summed E-state index contributed by atoms with van der Waals surface area (Å²) < 4.78 is 2.43. The van der Waals surface area contributed by atoms with Crippen molar-refractivity contribution in [3.63, 3.8) is 0 Å². The maximum absolute atomic E-state index is 2.43. The fourth-order valence-electron chi connectivity index (χ4n) is 9.96. The van der Waals surface area contributed by atoms with E-state index in [-0.39, 0.29) is 0 Å². The van der Waals surface area contributed by atoms with Crippen LogP contribution in [0.5, 0.6) is 0 Å². The molecule has 12 aromatic rings. The van der Waals surface area contributed by atoms with Crippen LogP contribution in [0.2, 0.25) is 0 Å². The molecule has 2 heteroatoms. The molecule has 0 unspecified atom stereocenters. The van der Waals surface area contributed by atoms with E-state index in [1.165, 1.54) is 77.1 Å². The number of hydrogen-bond acceptors (Lipinski definition) is 1. The van der Waals surface area contributed by atoms with Crippen molar-refractivity contribution in [3.05, 3.63) is 267 Å². The van der Waals surface area contributed by atoms with Crippen LogP contribution >= 0.6 is 0 Å². The zero-order chi connectivity index (χ0) is 43.8. The summed E-state index contributed by atoms with van der Waals surface area (Å²) >= 11 is 0. The normalized spacial score (nSPS) is 11.3. The lowest BCUT2D eigenvalue weighted by molar-refractivity contribution is 1.18. The van der Waals surface area contributed by atoms with E-state index in [1.807, 2.05) is 0 Å². The molecular weight excluding hydrogens is 797 g/mol. The van der Waals surface area contributed by atoms with Crippen LogP contribution in [0.25, 0.3) is 93.9 Å². The topological polar surface area (TPSA) is 8.17 Å². The Morgan fingerprint density at radius 3 is 1.47 bits per heavy atom. The molecule has 0 aliphatic carbocycles. The predicted octanol–water partition coefficient (Wildman–Crippen LogP) is 17.7. The molecule has 1 aromatic heterocycles. The molecule has 0 saturated carbocycles. The fraction of sp³-hybridized carbons (Fsp3) is 0. The molecule has 11 aromatic carbocycles. The van der Waals surface area contributed by atoms with Crippen LogP contribution in [-0.2, 0) is 0 Å². The number of rotatable bonds is 9. The Morgan fingerprint density at radius 2 is 0.727 bits per heavy atom. The van der Waals surface area contributed by atoms with E-state index in [9.17, 15) is 0 Å². The van der Waals surface area contributed by atoms with Gasteiger partial charge < -0.3 is 9.47 Å². The summed E-state index contributed by atoms with van der Waals surface area (Å²) in [5.74, 6) is 0. The van der Waals surface area contributed by atoms with Gasteiger partial charge in [0.05, 0.1) is 16.7 Å². The zero-order valence-electron chi connectivity index (χ0n) is 36.3. The molecule has 2 nitrogen and oxygen atoms in total. The van der Waals surface area contributed by atoms with Gasteiger partial charge in [-0.05, 0) is 115 Å². The van der Waals surface area contributed by atoms with Gasteiger partial charge in [-0.2, -0.15) is 0 Å². The molecule has 0 atom stereocenters. The van der Waals surface area contributed by atoms with Gasteiger partial charge >= 0.3 is 0 Å². The van der Waals surface area contributed by atoms with Crippen molar-refractivity contribution in [2.75, 3.05) is 4.90 Å². The van der Waals surface area contributed by atoms with E-state index in [0.717, 1.165) is 33.9 Å². The molecule has 0 aliphatic rings. The van der Waals surface area contributed by atoms with Gasteiger partial charge in [-0.1, -0.05) is 212 Å². The van der Waals surface area contributed by atoms with Crippen molar-refractivity contribution >= 4 is 49.6 Å². The largest absolute Gasteiger partial charge is 0.310 e. The molecule has 0 N–H and O–H groups in total. The number of aromatic nitrogens is 1. The lowest BCUT2D eigenvalue weighted by Crippen LogP contribution is -2.10. The standard InChI is InChI=1S/C64H44N2/c1-3-19-45(20-4-1)49-25-17-26-51(43-49)65(50-39-37-48(38-40-50)54-28-9-10-29-55(54)56-33-18-24-46-23-7-8-27-53(46)56)52-41-42-57(61(44-52)47-21-5-2-6-22-47)58-30-11-14-34-62(58)66-63-35-15-12-31-59(63)60-32-13-16-36-64(60)66/h1-44H. The highest BCUT2D eigenvalue weighted by Crippen LogP contribution is 2.45. The second kappa shape index (κ2) is 16.8. The lowest BCUT2D eigenvalue weighted by atomic mass is 9.91. The molecule has 0 amide bonds. The first-order valence-corrected chi connectivity index (χ1v) is 22.7. The van der Waals surface area contributed by atoms with E-state index < -0.39 is 0 Å². The molecule has 0 saturated heterocycles. The van der Waals surface area contributed by atoms with Gasteiger partial charge in [-0.25, -0.2) is 0 Å². The number of fused-ring (bicyclic) bond motifs is 4. The first-order valence-electron chi connectivity index (χ1n) is 22.7. The highest BCUT2D eigenvalue weighted by molar-refractivity contribution is 6.10. The van der Waals surface area contributed by atoms with Crippen LogP contribution < -0.4 is 4.90 Å². The van der Waals surface area contributed by atoms with Gasteiger partial charge in [0.25, 0.3) is 0 Å². The van der Waals surface area contributed by atoms with Crippen LogP contribution in [-0.4, -0.2) is 4.57 Å². The molecule has 0 spiro atoms. The molecule has 66 heavy (non-hydrogen) atoms. The molecule has 0 bridgehead atoms. The van der Waals surface area contributed by atoms with E-state index >= 15 is 0 Å². The Balaban J connectivity index is 1.03. The fourth-order valence-corrected chi connectivity index (χ4v) is 9.96. The Bertz CT molecular complexity index is 3640. The van der Waals surface area contributed by atoms with Gasteiger partial charge in [0, 0.05) is 33.4 Å². The van der Waals surface area contributed by atoms with E-state index in [2.05, 4.69) is 276 Å². The Hall–Kier alpha value is -8.72. The molecule has 0 aliphatic heterocycles. The van der Waals surface area contributed by atoms with E-state index in [1.54, 1.807) is 0 Å². The number of anilines is 3. The van der Waals surface area contributed by atoms with Gasteiger partial charge in [-0.15, -0.1) is 0 Å². The summed E-state index contributed by atoms with van der Waals surface area (Å²) in [5.41, 5.74) is 18.6.